The molecule has 0 aliphatic heterocycles. The first-order valence-corrected chi connectivity index (χ1v) is 4.16. The molecule has 1 rings (SSSR count). The van der Waals surface area contributed by atoms with Crippen LogP contribution in [-0.2, 0) is 6.42 Å². The Morgan fingerprint density at radius 1 is 1.50 bits per heavy atom. The third-order valence-electron chi connectivity index (χ3n) is 1.79. The topological polar surface area (TPSA) is 42.2 Å². The molecule has 0 unspecified atom stereocenters. The number of unbranched alkanes of at least 4 members (excludes halogenated alkanes) is 1. The molecule has 0 spiro atoms. The number of aryl methyl sites for hydroxylation is 1. The maximum Gasteiger partial charge on any atom is 0.283 e. The summed E-state index contributed by atoms with van der Waals surface area (Å²) in [6.45, 7) is 2.07. The highest BCUT2D eigenvalue weighted by Gasteiger charge is 1.99. The Kier molecular flexibility index (Phi) is 2.91. The van der Waals surface area contributed by atoms with Gasteiger partial charge in [0.1, 0.15) is 0 Å². The zero-order valence-corrected chi connectivity index (χ0v) is 7.16. The molecule has 0 aromatic carbocycles. The lowest BCUT2D eigenvalue weighted by Gasteiger charge is -2.03. The summed E-state index contributed by atoms with van der Waals surface area (Å²) in [5.41, 5.74) is 0.327. The van der Waals surface area contributed by atoms with Crippen molar-refractivity contribution in [2.45, 2.75) is 26.2 Å². The van der Waals surface area contributed by atoms with Crippen LogP contribution in [0.2, 0.25) is 0 Å². The molecule has 0 amide bonds. The normalized spacial score (nSPS) is 10.1. The van der Waals surface area contributed by atoms with Gasteiger partial charge in [-0.2, -0.15) is 4.73 Å². The van der Waals surface area contributed by atoms with E-state index in [0.29, 0.717) is 5.69 Å². The molecule has 0 fully saturated rings. The number of rotatable bonds is 3. The first kappa shape index (κ1) is 8.84. The van der Waals surface area contributed by atoms with Crippen molar-refractivity contribution in [2.75, 3.05) is 0 Å². The molecule has 3 heteroatoms. The second-order valence-corrected chi connectivity index (χ2v) is 2.77. The van der Waals surface area contributed by atoms with E-state index in [2.05, 4.69) is 6.92 Å². The second-order valence-electron chi connectivity index (χ2n) is 2.77. The van der Waals surface area contributed by atoms with Crippen LogP contribution in [0.5, 0.6) is 0 Å². The molecule has 0 bridgehead atoms. The van der Waals surface area contributed by atoms with Gasteiger partial charge in [0, 0.05) is 6.07 Å². The Hall–Kier alpha value is -1.25. The summed E-state index contributed by atoms with van der Waals surface area (Å²) in [6.07, 6.45) is 2.80. The minimum absolute atomic E-state index is 0.358. The highest BCUT2D eigenvalue weighted by Crippen LogP contribution is 2.00. The molecular weight excluding hydrogens is 154 g/mol. The second kappa shape index (κ2) is 3.95. The fourth-order valence-electron chi connectivity index (χ4n) is 1.07. The van der Waals surface area contributed by atoms with Crippen LogP contribution in [0.25, 0.3) is 0 Å². The van der Waals surface area contributed by atoms with Crippen LogP contribution in [0.3, 0.4) is 0 Å². The lowest BCUT2D eigenvalue weighted by molar-refractivity contribution is 0.164. The van der Waals surface area contributed by atoms with Gasteiger partial charge in [0.15, 0.2) is 0 Å². The first-order valence-electron chi connectivity index (χ1n) is 4.16. The van der Waals surface area contributed by atoms with Gasteiger partial charge in [-0.25, -0.2) is 0 Å². The fourth-order valence-corrected chi connectivity index (χ4v) is 1.07. The summed E-state index contributed by atoms with van der Waals surface area (Å²) < 4.78 is 0.718. The van der Waals surface area contributed by atoms with E-state index in [1.165, 1.54) is 6.07 Å². The Labute approximate surface area is 71.2 Å². The summed E-state index contributed by atoms with van der Waals surface area (Å²) in [5.74, 6) is 0. The molecule has 0 saturated heterocycles. The summed E-state index contributed by atoms with van der Waals surface area (Å²) in [7, 11) is 0. The predicted octanol–water partition coefficient (Wildman–Crippen LogP) is 1.43. The average molecular weight is 167 g/mol. The monoisotopic (exact) mass is 167 g/mol. The number of hydrogen-bond acceptors (Lipinski definition) is 2. The van der Waals surface area contributed by atoms with Crippen molar-refractivity contribution in [3.05, 3.63) is 34.2 Å². The number of hydrogen-bond donors (Lipinski definition) is 1. The lowest BCUT2D eigenvalue weighted by Crippen LogP contribution is -2.19. The molecule has 0 aliphatic rings. The molecule has 1 aromatic heterocycles. The molecule has 12 heavy (non-hydrogen) atoms. The van der Waals surface area contributed by atoms with Crippen LogP contribution >= 0.6 is 0 Å². The summed E-state index contributed by atoms with van der Waals surface area (Å²) in [5, 5.41) is 9.23. The van der Waals surface area contributed by atoms with Gasteiger partial charge in [0.05, 0.1) is 5.69 Å². The van der Waals surface area contributed by atoms with Crippen LogP contribution in [-0.4, -0.2) is 9.94 Å². The predicted molar refractivity (Wildman–Crippen MR) is 46.5 cm³/mol. The largest absolute Gasteiger partial charge is 0.425 e. The quantitative estimate of drug-likeness (QED) is 0.692. The van der Waals surface area contributed by atoms with Crippen LogP contribution in [0.1, 0.15) is 25.5 Å². The van der Waals surface area contributed by atoms with Crippen molar-refractivity contribution in [1.29, 1.82) is 0 Å². The molecule has 0 aliphatic carbocycles. The van der Waals surface area contributed by atoms with Crippen molar-refractivity contribution < 1.29 is 5.21 Å². The van der Waals surface area contributed by atoms with Gasteiger partial charge in [-0.3, -0.25) is 4.79 Å². The zero-order chi connectivity index (χ0) is 8.97. The van der Waals surface area contributed by atoms with Crippen LogP contribution in [0.15, 0.2) is 23.0 Å². The van der Waals surface area contributed by atoms with Crippen molar-refractivity contribution >= 4 is 0 Å². The first-order chi connectivity index (χ1) is 5.75. The van der Waals surface area contributed by atoms with Gasteiger partial charge in [0.2, 0.25) is 0 Å². The van der Waals surface area contributed by atoms with E-state index in [0.717, 1.165) is 24.0 Å². The zero-order valence-electron chi connectivity index (χ0n) is 7.16. The van der Waals surface area contributed by atoms with E-state index in [1.54, 1.807) is 12.1 Å². The van der Waals surface area contributed by atoms with E-state index >= 15 is 0 Å². The molecule has 3 nitrogen and oxygen atoms in total. The third kappa shape index (κ3) is 1.87. The Balaban J connectivity index is 2.85. The Bertz CT molecular complexity index is 304. The number of aromatic nitrogens is 1. The fraction of sp³-hybridized carbons (Fsp3) is 0.444. The summed E-state index contributed by atoms with van der Waals surface area (Å²) in [6, 6.07) is 4.77. The van der Waals surface area contributed by atoms with E-state index in [-0.39, 0.29) is 5.56 Å². The van der Waals surface area contributed by atoms with Crippen LogP contribution < -0.4 is 5.56 Å². The standard InChI is InChI=1S/C9H13NO2/c1-2-3-5-8-6-4-7-9(11)10(8)12/h4,6-7,12H,2-3,5H2,1H3. The molecule has 1 heterocycles. The van der Waals surface area contributed by atoms with Gasteiger partial charge in [0.25, 0.3) is 5.56 Å². The van der Waals surface area contributed by atoms with E-state index in [9.17, 15) is 10.0 Å². The minimum atomic E-state index is -0.358. The van der Waals surface area contributed by atoms with Crippen LogP contribution in [0, 0.1) is 0 Å². The van der Waals surface area contributed by atoms with Gasteiger partial charge in [-0.15, -0.1) is 0 Å². The van der Waals surface area contributed by atoms with Crippen molar-refractivity contribution in [2.24, 2.45) is 0 Å². The van der Waals surface area contributed by atoms with E-state index in [1.807, 2.05) is 0 Å². The maximum absolute atomic E-state index is 10.9. The molecule has 1 aromatic rings. The lowest BCUT2D eigenvalue weighted by atomic mass is 10.2. The highest BCUT2D eigenvalue weighted by atomic mass is 16.5. The van der Waals surface area contributed by atoms with Crippen molar-refractivity contribution in [1.82, 2.24) is 4.73 Å². The van der Waals surface area contributed by atoms with Gasteiger partial charge in [-0.1, -0.05) is 19.4 Å². The Morgan fingerprint density at radius 3 is 2.92 bits per heavy atom. The molecular formula is C9H13NO2. The molecule has 0 saturated carbocycles. The highest BCUT2D eigenvalue weighted by molar-refractivity contribution is 5.05. The van der Waals surface area contributed by atoms with Gasteiger partial charge in [-0.05, 0) is 18.9 Å². The van der Waals surface area contributed by atoms with Gasteiger partial charge < -0.3 is 5.21 Å². The Morgan fingerprint density at radius 2 is 2.25 bits per heavy atom. The van der Waals surface area contributed by atoms with E-state index < -0.39 is 0 Å². The van der Waals surface area contributed by atoms with Gasteiger partial charge >= 0.3 is 0 Å². The third-order valence-corrected chi connectivity index (χ3v) is 1.79. The minimum Gasteiger partial charge on any atom is -0.425 e. The smallest absolute Gasteiger partial charge is 0.283 e. The van der Waals surface area contributed by atoms with E-state index in [4.69, 9.17) is 0 Å². The summed E-state index contributed by atoms with van der Waals surface area (Å²) >= 11 is 0. The maximum atomic E-state index is 10.9. The molecule has 1 N–H and O–H groups in total. The van der Waals surface area contributed by atoms with Crippen LogP contribution in [0.4, 0.5) is 0 Å². The van der Waals surface area contributed by atoms with Crippen molar-refractivity contribution in [3.8, 4) is 0 Å². The number of pyridine rings is 1. The molecule has 0 radical (unpaired) electrons. The average Bonchev–Trinajstić information content (AvgIpc) is 2.08. The van der Waals surface area contributed by atoms with Crippen molar-refractivity contribution in [3.63, 3.8) is 0 Å². The SMILES string of the molecule is CCCCc1cccc(=O)n1O. The molecule has 0 atom stereocenters. The molecule has 66 valence electrons. The summed E-state index contributed by atoms with van der Waals surface area (Å²) in [4.78, 5) is 10.9. The number of nitrogens with zero attached hydrogens (tertiary/aromatic N) is 1.